The van der Waals surface area contributed by atoms with Gasteiger partial charge in [0.25, 0.3) is 0 Å². The number of carbonyl (C=O) groups is 2. The number of hydrogen-bond donors (Lipinski definition) is 2. The van der Waals surface area contributed by atoms with Gasteiger partial charge < -0.3 is 10.4 Å². The van der Waals surface area contributed by atoms with Gasteiger partial charge in [-0.3, -0.25) is 9.59 Å². The number of benzene rings is 1. The summed E-state index contributed by atoms with van der Waals surface area (Å²) in [6.07, 6.45) is 4.13. The van der Waals surface area contributed by atoms with E-state index in [0.29, 0.717) is 19.4 Å². The van der Waals surface area contributed by atoms with E-state index in [1.807, 2.05) is 31.2 Å². The third kappa shape index (κ3) is 6.92. The van der Waals surface area contributed by atoms with Crippen molar-refractivity contribution in [1.82, 2.24) is 5.32 Å². The van der Waals surface area contributed by atoms with Crippen LogP contribution in [0, 0.1) is 6.92 Å². The second-order valence-electron chi connectivity index (χ2n) is 5.01. The van der Waals surface area contributed by atoms with Crippen LogP contribution in [0.2, 0.25) is 0 Å². The van der Waals surface area contributed by atoms with Gasteiger partial charge >= 0.3 is 5.97 Å². The summed E-state index contributed by atoms with van der Waals surface area (Å²) in [5.41, 5.74) is 2.20. The van der Waals surface area contributed by atoms with E-state index in [1.165, 1.54) is 0 Å². The van der Waals surface area contributed by atoms with E-state index < -0.39 is 5.97 Å². The lowest BCUT2D eigenvalue weighted by Gasteiger charge is -2.07. The van der Waals surface area contributed by atoms with Gasteiger partial charge in [-0.2, -0.15) is 0 Å². The van der Waals surface area contributed by atoms with Crippen molar-refractivity contribution in [3.05, 3.63) is 35.4 Å². The summed E-state index contributed by atoms with van der Waals surface area (Å²) in [6, 6.07) is 7.89. The Hall–Kier alpha value is -1.84. The fourth-order valence-corrected chi connectivity index (χ4v) is 2.03. The molecule has 2 N–H and O–H groups in total. The van der Waals surface area contributed by atoms with Crippen LogP contribution in [0.5, 0.6) is 0 Å². The van der Waals surface area contributed by atoms with Gasteiger partial charge in [0.05, 0.1) is 6.42 Å². The van der Waals surface area contributed by atoms with Crippen LogP contribution >= 0.6 is 0 Å². The third-order valence-electron chi connectivity index (χ3n) is 3.25. The Balaban J connectivity index is 2.09. The highest BCUT2D eigenvalue weighted by Gasteiger charge is 2.04. The van der Waals surface area contributed by atoms with Crippen LogP contribution in [0.1, 0.15) is 43.2 Å². The first-order valence-corrected chi connectivity index (χ1v) is 7.12. The van der Waals surface area contributed by atoms with Crippen molar-refractivity contribution in [3.8, 4) is 0 Å². The first kappa shape index (κ1) is 16.2. The van der Waals surface area contributed by atoms with Gasteiger partial charge in [-0.15, -0.1) is 0 Å². The molecule has 1 amide bonds. The van der Waals surface area contributed by atoms with Crippen LogP contribution < -0.4 is 5.32 Å². The Morgan fingerprint density at radius 2 is 1.80 bits per heavy atom. The second-order valence-corrected chi connectivity index (χ2v) is 5.01. The normalized spacial score (nSPS) is 10.2. The van der Waals surface area contributed by atoms with Crippen LogP contribution in [0.4, 0.5) is 0 Å². The molecule has 0 radical (unpaired) electrons. The molecule has 0 aromatic heterocycles. The molecule has 0 spiro atoms. The standard InChI is InChI=1S/C16H23NO3/c1-13-8-5-6-9-14(13)12-15(18)17-11-7-3-2-4-10-16(19)20/h5-6,8-9H,2-4,7,10-12H2,1H3,(H,17,18)(H,19,20). The summed E-state index contributed by atoms with van der Waals surface area (Å²) in [5, 5.41) is 11.4. The van der Waals surface area contributed by atoms with E-state index in [9.17, 15) is 9.59 Å². The highest BCUT2D eigenvalue weighted by molar-refractivity contribution is 5.78. The number of aliphatic carboxylic acids is 1. The summed E-state index contributed by atoms with van der Waals surface area (Å²) < 4.78 is 0. The first-order valence-electron chi connectivity index (χ1n) is 7.12. The molecule has 1 aromatic carbocycles. The molecule has 20 heavy (non-hydrogen) atoms. The molecule has 0 saturated carbocycles. The van der Waals surface area contributed by atoms with Gasteiger partial charge in [0.2, 0.25) is 5.91 Å². The predicted octanol–water partition coefficient (Wildman–Crippen LogP) is 2.69. The minimum atomic E-state index is -0.739. The van der Waals surface area contributed by atoms with Gasteiger partial charge in [0.1, 0.15) is 0 Å². The molecule has 1 rings (SSSR count). The molecule has 0 unspecified atom stereocenters. The Morgan fingerprint density at radius 1 is 1.10 bits per heavy atom. The highest BCUT2D eigenvalue weighted by atomic mass is 16.4. The zero-order valence-electron chi connectivity index (χ0n) is 12.0. The van der Waals surface area contributed by atoms with Crippen molar-refractivity contribution < 1.29 is 14.7 Å². The van der Waals surface area contributed by atoms with Crippen molar-refractivity contribution in [2.24, 2.45) is 0 Å². The van der Waals surface area contributed by atoms with Gasteiger partial charge in [-0.25, -0.2) is 0 Å². The lowest BCUT2D eigenvalue weighted by Crippen LogP contribution is -2.26. The van der Waals surface area contributed by atoms with Crippen molar-refractivity contribution in [2.75, 3.05) is 6.54 Å². The molecule has 0 saturated heterocycles. The Kier molecular flexibility index (Phi) is 7.40. The maximum Gasteiger partial charge on any atom is 0.303 e. The summed E-state index contributed by atoms with van der Waals surface area (Å²) in [5.74, 6) is -0.693. The van der Waals surface area contributed by atoms with E-state index in [-0.39, 0.29) is 12.3 Å². The van der Waals surface area contributed by atoms with Crippen LogP contribution in [-0.2, 0) is 16.0 Å². The number of carbonyl (C=O) groups excluding carboxylic acids is 1. The average Bonchev–Trinajstić information content (AvgIpc) is 2.40. The predicted molar refractivity (Wildman–Crippen MR) is 78.6 cm³/mol. The number of carboxylic acids is 1. The van der Waals surface area contributed by atoms with Crippen molar-refractivity contribution in [1.29, 1.82) is 0 Å². The smallest absolute Gasteiger partial charge is 0.303 e. The number of unbranched alkanes of at least 4 members (excludes halogenated alkanes) is 3. The summed E-state index contributed by atoms with van der Waals surface area (Å²) in [6.45, 7) is 2.67. The number of aryl methyl sites for hydroxylation is 1. The van der Waals surface area contributed by atoms with Crippen LogP contribution in [0.15, 0.2) is 24.3 Å². The number of rotatable bonds is 9. The molecule has 4 heteroatoms. The number of amides is 1. The minimum Gasteiger partial charge on any atom is -0.481 e. The van der Waals surface area contributed by atoms with E-state index in [1.54, 1.807) is 0 Å². The molecule has 0 aliphatic rings. The average molecular weight is 277 g/mol. The quantitative estimate of drug-likeness (QED) is 0.682. The largest absolute Gasteiger partial charge is 0.481 e. The van der Waals surface area contributed by atoms with Crippen LogP contribution in [0.3, 0.4) is 0 Å². The van der Waals surface area contributed by atoms with Gasteiger partial charge in [0, 0.05) is 13.0 Å². The van der Waals surface area contributed by atoms with Gasteiger partial charge in [-0.05, 0) is 30.9 Å². The Labute approximate surface area is 120 Å². The van der Waals surface area contributed by atoms with Crippen molar-refractivity contribution in [2.45, 2.75) is 45.4 Å². The molecule has 0 fully saturated rings. The zero-order chi connectivity index (χ0) is 14.8. The molecule has 0 heterocycles. The highest BCUT2D eigenvalue weighted by Crippen LogP contribution is 2.07. The third-order valence-corrected chi connectivity index (χ3v) is 3.25. The molecule has 0 aliphatic heterocycles. The number of hydrogen-bond acceptors (Lipinski definition) is 2. The van der Waals surface area contributed by atoms with Crippen LogP contribution in [-0.4, -0.2) is 23.5 Å². The fourth-order valence-electron chi connectivity index (χ4n) is 2.03. The lowest BCUT2D eigenvalue weighted by atomic mass is 10.1. The lowest BCUT2D eigenvalue weighted by molar-refractivity contribution is -0.137. The molecular weight excluding hydrogens is 254 g/mol. The Morgan fingerprint density at radius 3 is 2.50 bits per heavy atom. The summed E-state index contributed by atoms with van der Waals surface area (Å²) in [7, 11) is 0. The zero-order valence-corrected chi connectivity index (χ0v) is 12.0. The molecular formula is C16H23NO3. The van der Waals surface area contributed by atoms with Gasteiger partial charge in [-0.1, -0.05) is 37.1 Å². The van der Waals surface area contributed by atoms with E-state index >= 15 is 0 Å². The molecule has 110 valence electrons. The number of nitrogens with one attached hydrogen (secondary N) is 1. The monoisotopic (exact) mass is 277 g/mol. The van der Waals surface area contributed by atoms with E-state index in [0.717, 1.165) is 30.4 Å². The van der Waals surface area contributed by atoms with Crippen LogP contribution in [0.25, 0.3) is 0 Å². The molecule has 4 nitrogen and oxygen atoms in total. The number of carboxylic acid groups (broad SMARTS) is 1. The topological polar surface area (TPSA) is 66.4 Å². The molecule has 0 bridgehead atoms. The second kappa shape index (κ2) is 9.13. The fraction of sp³-hybridized carbons (Fsp3) is 0.500. The van der Waals surface area contributed by atoms with Crippen molar-refractivity contribution in [3.63, 3.8) is 0 Å². The maximum atomic E-state index is 11.8. The minimum absolute atomic E-state index is 0.0461. The first-order chi connectivity index (χ1) is 9.59. The molecule has 0 atom stereocenters. The van der Waals surface area contributed by atoms with E-state index in [2.05, 4.69) is 5.32 Å². The summed E-state index contributed by atoms with van der Waals surface area (Å²) in [4.78, 5) is 22.1. The molecule has 0 aliphatic carbocycles. The molecule has 1 aromatic rings. The van der Waals surface area contributed by atoms with Gasteiger partial charge in [0.15, 0.2) is 0 Å². The summed E-state index contributed by atoms with van der Waals surface area (Å²) >= 11 is 0. The van der Waals surface area contributed by atoms with E-state index in [4.69, 9.17) is 5.11 Å². The maximum absolute atomic E-state index is 11.8. The van der Waals surface area contributed by atoms with Crippen molar-refractivity contribution >= 4 is 11.9 Å². The Bertz CT molecular complexity index is 443. The SMILES string of the molecule is Cc1ccccc1CC(=O)NCCCCCCC(=O)O.